The first kappa shape index (κ1) is 62.4. The summed E-state index contributed by atoms with van der Waals surface area (Å²) in [6, 6.07) is 38.3. The van der Waals surface area contributed by atoms with Gasteiger partial charge in [0.1, 0.15) is 74.7 Å². The number of allylic oxidation sites excluding steroid dienone is 3. The molecule has 14 rings (SSSR count). The molecule has 3 aliphatic rings. The number of hydrogen-bond acceptors (Lipinski definition) is 28. The number of nitrogens with one attached hydrogen (secondary N) is 1. The van der Waals surface area contributed by atoms with Gasteiger partial charge in [-0.1, -0.05) is 0 Å². The van der Waals surface area contributed by atoms with Crippen molar-refractivity contribution in [3.63, 3.8) is 0 Å². The fourth-order valence-corrected chi connectivity index (χ4v) is 10.2. The minimum atomic E-state index is -1.30. The molecule has 0 aliphatic carbocycles. The van der Waals surface area contributed by atoms with Gasteiger partial charge in [-0.25, -0.2) is 110 Å². The van der Waals surface area contributed by atoms with E-state index in [1.54, 1.807) is 12.1 Å². The maximum absolute atomic E-state index is 10.4. The van der Waals surface area contributed by atoms with Crippen LogP contribution in [-0.4, -0.2) is 49.8 Å². The van der Waals surface area contributed by atoms with Crippen LogP contribution in [0, 0.1) is 158 Å². The highest BCUT2D eigenvalue weighted by atomic mass is 16.4. The fourth-order valence-electron chi connectivity index (χ4n) is 10.2. The molecule has 5 aromatic heterocycles. The summed E-state index contributed by atoms with van der Waals surface area (Å²) in [6.45, 7) is 36.7. The Morgan fingerprint density at radius 3 is 1.34 bits per heavy atom. The monoisotopic (exact) mass is 1310 g/mol. The zero-order valence-electron chi connectivity index (χ0n) is 50.2. The van der Waals surface area contributed by atoms with E-state index in [9.17, 15) is 57.9 Å². The second-order valence-corrected chi connectivity index (χ2v) is 20.4. The quantitative estimate of drug-likeness (QED) is 0.126. The van der Waals surface area contributed by atoms with Gasteiger partial charge in [-0.15, -0.1) is 0 Å². The summed E-state index contributed by atoms with van der Waals surface area (Å²) in [5, 5.41) is 108. The number of imidazole rings is 1. The first-order valence-corrected chi connectivity index (χ1v) is 28.0. The predicted octanol–water partition coefficient (Wildman–Crippen LogP) is 6.85. The number of H-pyrrole nitrogens is 1. The lowest BCUT2D eigenvalue weighted by Crippen LogP contribution is -2.26. The minimum Gasteiger partial charge on any atom is -0.435 e. The number of rotatable bonds is 7. The maximum atomic E-state index is 10.4. The Kier molecular flexibility index (Phi) is 15.5. The summed E-state index contributed by atoms with van der Waals surface area (Å²) < 4.78 is 11.8. The SMILES string of the molecule is [C-]#[N+]/C(C#N)=C1\N=c2ccc(-c3nc(-c4nc5cc(C#N)c([N+]#[C-])cc5o4)nc(C(C#N)c4nc5cc(C#N)c(C#N)cc5[nH]4)n3)c(C#N)c2=N1.[C-]#[N+]/C(C#N)=C1\N=c2ccc(-c3nc(/C(C#N)=C4/N=c5cc(C#N)c([N+]#[C-])cc5=N4)nc(-c4nc5cc(C#N)c([N+]#[C-])cc5o4)n3)c(C#N)c2=N1. The van der Waals surface area contributed by atoms with Crippen molar-refractivity contribution >= 4 is 55.9 Å². The van der Waals surface area contributed by atoms with E-state index in [4.69, 9.17) is 41.7 Å². The van der Waals surface area contributed by atoms with Crippen LogP contribution in [-0.2, 0) is 0 Å². The molecular weight excluding hydrogens is 1300 g/mol. The van der Waals surface area contributed by atoms with Gasteiger partial charge in [0, 0.05) is 11.1 Å². The van der Waals surface area contributed by atoms with Gasteiger partial charge in [0.05, 0.1) is 141 Å². The molecule has 1 unspecified atom stereocenters. The Morgan fingerprint density at radius 1 is 0.412 bits per heavy atom. The molecule has 6 aromatic carbocycles. The van der Waals surface area contributed by atoms with E-state index in [0.29, 0.717) is 11.0 Å². The van der Waals surface area contributed by atoms with Crippen molar-refractivity contribution < 1.29 is 8.83 Å². The molecule has 1 atom stereocenters. The molecule has 34 heteroatoms. The molecule has 0 fully saturated rings. The van der Waals surface area contributed by atoms with E-state index in [0.717, 1.165) is 0 Å². The highest BCUT2D eigenvalue weighted by Gasteiger charge is 2.29. The van der Waals surface area contributed by atoms with E-state index in [1.807, 2.05) is 42.5 Å². The largest absolute Gasteiger partial charge is 0.435 e. The highest BCUT2D eigenvalue weighted by molar-refractivity contribution is 5.86. The van der Waals surface area contributed by atoms with Crippen molar-refractivity contribution in [3.05, 3.63) is 247 Å². The summed E-state index contributed by atoms with van der Waals surface area (Å²) >= 11 is 0. The Morgan fingerprint density at radius 2 is 0.863 bits per heavy atom. The van der Waals surface area contributed by atoms with Crippen molar-refractivity contribution in [1.82, 2.24) is 49.8 Å². The molecule has 0 amide bonds. The summed E-state index contributed by atoms with van der Waals surface area (Å²) in [5.41, 5.74) is 0.996. The van der Waals surface area contributed by atoms with Crippen molar-refractivity contribution in [3.8, 4) is 113 Å². The normalized spacial score (nSPS) is 13.1. The van der Waals surface area contributed by atoms with Crippen LogP contribution in [0.4, 0.5) is 17.1 Å². The smallest absolute Gasteiger partial charge is 0.305 e. The van der Waals surface area contributed by atoms with Crippen LogP contribution in [0.3, 0.4) is 0 Å². The topological polar surface area (TPSA) is 516 Å². The zero-order chi connectivity index (χ0) is 71.6. The molecule has 0 spiro atoms. The molecule has 0 saturated heterocycles. The molecule has 11 aromatic rings. The Bertz CT molecular complexity index is 6890. The fraction of sp³-hybridized carbons (Fsp3) is 0.0147. The first-order valence-electron chi connectivity index (χ1n) is 28.0. The van der Waals surface area contributed by atoms with Crippen LogP contribution in [0.2, 0.25) is 0 Å². The van der Waals surface area contributed by atoms with Crippen LogP contribution < -0.4 is 32.1 Å². The third-order valence-corrected chi connectivity index (χ3v) is 14.8. The molecule has 3 aliphatic heterocycles. The average Bonchev–Trinajstić information content (AvgIpc) is 1.57. The summed E-state index contributed by atoms with van der Waals surface area (Å²) in [7, 11) is 0. The number of oxazole rings is 2. The van der Waals surface area contributed by atoms with Gasteiger partial charge in [0.15, 0.2) is 46.7 Å². The Labute approximate surface area is 566 Å². The predicted molar refractivity (Wildman–Crippen MR) is 336 cm³/mol. The maximum Gasteiger partial charge on any atom is 0.305 e. The van der Waals surface area contributed by atoms with Gasteiger partial charge in [-0.3, -0.25) is 0 Å². The number of hydrogen-bond donors (Lipinski definition) is 1. The number of aromatic amines is 1. The van der Waals surface area contributed by atoms with Gasteiger partial charge < -0.3 is 13.8 Å². The summed E-state index contributed by atoms with van der Waals surface area (Å²) in [5.74, 6) is -3.17. The van der Waals surface area contributed by atoms with E-state index in [-0.39, 0.29) is 208 Å². The standard InChI is InChI=1S/C34H6N16O.C34H8N16O/c1-40-21-8-24-23(6-15(21)10-35)44-30(45-24)19(13-38)31-48-29(17-4-5-20-28(18(17)12-37)47-32(43-20)26(14-39)42-3)49-33(50-31)34-46-25-7-16(11-36)22(41-2)9-27(25)51-34;1-41-22-8-27-25(7-17(22)11-37)46-34(51-27)33-49-29(18-3-4-21-28(19(18)12-38)47-32(43-21)26(14-40)42-2)48-31(50-33)20(13-39)30-44-23-5-15(9-35)16(10-36)6-24(23)45-30/h4-9H;3-8,20H,(H,44,45)/b30-19-,32-26+;32-26+. The van der Waals surface area contributed by atoms with Gasteiger partial charge in [-0.2, -0.15) is 47.4 Å². The zero-order valence-corrected chi connectivity index (χ0v) is 50.2. The van der Waals surface area contributed by atoms with Gasteiger partial charge in [-0.05, 0) is 72.8 Å². The van der Waals surface area contributed by atoms with Gasteiger partial charge in [0.2, 0.25) is 28.7 Å². The number of aromatic nitrogens is 10. The first-order chi connectivity index (χ1) is 49.7. The second-order valence-electron chi connectivity index (χ2n) is 20.4. The number of nitriles is 11. The van der Waals surface area contributed by atoms with Gasteiger partial charge in [0.25, 0.3) is 11.8 Å². The molecular formula is C68H14N32O2. The van der Waals surface area contributed by atoms with E-state index >= 15 is 0 Å². The Hall–Kier alpha value is -18.4. The lowest BCUT2D eigenvalue weighted by atomic mass is 10.1. The molecule has 8 heterocycles. The molecule has 1 N–H and O–H groups in total. The lowest BCUT2D eigenvalue weighted by molar-refractivity contribution is 0.610. The summed E-state index contributed by atoms with van der Waals surface area (Å²) in [4.78, 5) is 85.3. The van der Waals surface area contributed by atoms with Crippen LogP contribution in [0.25, 0.3) is 109 Å². The van der Waals surface area contributed by atoms with E-state index in [1.165, 1.54) is 72.8 Å². The van der Waals surface area contributed by atoms with Gasteiger partial charge >= 0.3 is 11.4 Å². The lowest BCUT2D eigenvalue weighted by Gasteiger charge is -2.09. The van der Waals surface area contributed by atoms with Crippen LogP contribution >= 0.6 is 0 Å². The third-order valence-electron chi connectivity index (χ3n) is 14.8. The molecule has 0 saturated carbocycles. The average molecular weight is 1310 g/mol. The molecule has 102 heavy (non-hydrogen) atoms. The minimum absolute atomic E-state index is 0.0309. The van der Waals surface area contributed by atoms with Crippen molar-refractivity contribution in [2.24, 2.45) is 30.0 Å². The van der Waals surface area contributed by atoms with Crippen molar-refractivity contribution in [2.75, 3.05) is 0 Å². The van der Waals surface area contributed by atoms with Crippen molar-refractivity contribution in [1.29, 1.82) is 57.9 Å². The molecule has 0 radical (unpaired) electrons. The van der Waals surface area contributed by atoms with E-state index in [2.05, 4.69) is 116 Å². The van der Waals surface area contributed by atoms with Crippen LogP contribution in [0.5, 0.6) is 0 Å². The Balaban J connectivity index is 0.000000182. The van der Waals surface area contributed by atoms with Crippen LogP contribution in [0.1, 0.15) is 62.3 Å². The number of nitrogens with zero attached hydrogens (tertiary/aromatic N) is 31. The number of benzene rings is 6. The molecule has 0 bridgehead atoms. The summed E-state index contributed by atoms with van der Waals surface area (Å²) in [6.07, 6.45) is 0. The highest BCUT2D eigenvalue weighted by Crippen LogP contribution is 2.35. The van der Waals surface area contributed by atoms with Crippen molar-refractivity contribution in [2.45, 2.75) is 5.92 Å². The van der Waals surface area contributed by atoms with Crippen LogP contribution in [0.15, 0.2) is 140 Å². The molecule has 34 nitrogen and oxygen atoms in total. The third kappa shape index (κ3) is 10.6. The van der Waals surface area contributed by atoms with E-state index < -0.39 is 5.92 Å². The second kappa shape index (κ2) is 25.3. The molecule has 458 valence electrons. The number of fused-ring (bicyclic) bond motifs is 6.